The minimum atomic E-state index is -3.53. The van der Waals surface area contributed by atoms with Crippen molar-refractivity contribution in [3.8, 4) is 0 Å². The van der Waals surface area contributed by atoms with E-state index in [0.717, 1.165) is 18.7 Å². The summed E-state index contributed by atoms with van der Waals surface area (Å²) < 4.78 is 26.4. The Kier molecular flexibility index (Phi) is 5.03. The zero-order valence-electron chi connectivity index (χ0n) is 12.3. The Balaban J connectivity index is 2.16. The van der Waals surface area contributed by atoms with Gasteiger partial charge in [-0.15, -0.1) is 0 Å². The number of aromatic nitrogens is 1. The van der Waals surface area contributed by atoms with Crippen LogP contribution >= 0.6 is 0 Å². The lowest BCUT2D eigenvalue weighted by molar-refractivity contribution is 0.594. The van der Waals surface area contributed by atoms with Crippen LogP contribution in [0.5, 0.6) is 0 Å². The highest BCUT2D eigenvalue weighted by atomic mass is 32.2. The van der Waals surface area contributed by atoms with Gasteiger partial charge in [-0.2, -0.15) is 0 Å². The van der Waals surface area contributed by atoms with Gasteiger partial charge in [0.05, 0.1) is 5.69 Å². The summed E-state index contributed by atoms with van der Waals surface area (Å²) in [5, 5.41) is 3.24. The first-order valence-electron chi connectivity index (χ1n) is 6.97. The van der Waals surface area contributed by atoms with Gasteiger partial charge in [-0.3, -0.25) is 4.31 Å². The van der Waals surface area contributed by atoms with Gasteiger partial charge >= 0.3 is 0 Å². The van der Waals surface area contributed by atoms with Gasteiger partial charge in [-0.25, -0.2) is 8.42 Å². The third kappa shape index (κ3) is 3.65. The highest BCUT2D eigenvalue weighted by molar-refractivity contribution is 7.92. The minimum Gasteiger partial charge on any atom is -0.363 e. The van der Waals surface area contributed by atoms with E-state index in [2.05, 4.69) is 17.2 Å². The van der Waals surface area contributed by atoms with Crippen LogP contribution in [0, 0.1) is 0 Å². The molecule has 1 aromatic carbocycles. The first-order chi connectivity index (χ1) is 10.1. The lowest BCUT2D eigenvalue weighted by Gasteiger charge is -2.18. The molecule has 0 amide bonds. The maximum Gasteiger partial charge on any atom is 0.265 e. The first kappa shape index (κ1) is 15.6. The average Bonchev–Trinajstić information content (AvgIpc) is 2.97. The van der Waals surface area contributed by atoms with Gasteiger partial charge in [0.15, 0.2) is 0 Å². The van der Waals surface area contributed by atoms with Crippen LogP contribution < -0.4 is 9.62 Å². The fraction of sp³-hybridized carbons (Fsp3) is 0.333. The van der Waals surface area contributed by atoms with Gasteiger partial charge in [-0.05, 0) is 31.2 Å². The Morgan fingerprint density at radius 1 is 1.24 bits per heavy atom. The molecule has 0 aliphatic carbocycles. The number of para-hydroxylation sites is 1. The van der Waals surface area contributed by atoms with Gasteiger partial charge in [0.25, 0.3) is 10.0 Å². The van der Waals surface area contributed by atoms with Crippen molar-refractivity contribution in [1.82, 2.24) is 10.3 Å². The zero-order chi connectivity index (χ0) is 15.3. The number of nitrogens with zero attached hydrogens (tertiary/aromatic N) is 1. The van der Waals surface area contributed by atoms with Crippen LogP contribution in [0.15, 0.2) is 47.5 Å². The number of sulfonamides is 1. The summed E-state index contributed by atoms with van der Waals surface area (Å²) >= 11 is 0. The monoisotopic (exact) mass is 307 g/mol. The van der Waals surface area contributed by atoms with Crippen molar-refractivity contribution in [2.75, 3.05) is 17.9 Å². The molecule has 0 radical (unpaired) electrons. The van der Waals surface area contributed by atoms with Gasteiger partial charge in [-0.1, -0.05) is 25.1 Å². The molecule has 1 aromatic heterocycles. The number of benzene rings is 1. The normalized spacial score (nSPS) is 11.5. The van der Waals surface area contributed by atoms with Gasteiger partial charge in [0, 0.05) is 25.5 Å². The van der Waals surface area contributed by atoms with Crippen molar-refractivity contribution in [2.24, 2.45) is 0 Å². The van der Waals surface area contributed by atoms with Crippen LogP contribution in [-0.2, 0) is 16.6 Å². The molecule has 0 spiro atoms. The van der Waals surface area contributed by atoms with Gasteiger partial charge < -0.3 is 10.3 Å². The Morgan fingerprint density at radius 2 is 1.95 bits per heavy atom. The molecule has 0 aliphatic heterocycles. The number of nitrogens with one attached hydrogen (secondary N) is 2. The Labute approximate surface area is 126 Å². The summed E-state index contributed by atoms with van der Waals surface area (Å²) in [6.07, 6.45) is 2.58. The van der Waals surface area contributed by atoms with Crippen molar-refractivity contribution in [2.45, 2.75) is 24.8 Å². The van der Waals surface area contributed by atoms with Crippen LogP contribution in [-0.4, -0.2) is 27.0 Å². The first-order valence-corrected chi connectivity index (χ1v) is 8.41. The third-order valence-electron chi connectivity index (χ3n) is 3.24. The third-order valence-corrected chi connectivity index (χ3v) is 5.00. The second kappa shape index (κ2) is 6.78. The number of aromatic amines is 1. The quantitative estimate of drug-likeness (QED) is 0.772. The zero-order valence-corrected chi connectivity index (χ0v) is 13.2. The molecule has 5 nitrogen and oxygen atoms in total. The van der Waals surface area contributed by atoms with Crippen LogP contribution in [0.2, 0.25) is 0 Å². The van der Waals surface area contributed by atoms with E-state index in [1.54, 1.807) is 25.2 Å². The topological polar surface area (TPSA) is 65.2 Å². The fourth-order valence-electron chi connectivity index (χ4n) is 2.00. The molecule has 21 heavy (non-hydrogen) atoms. The van der Waals surface area contributed by atoms with E-state index in [4.69, 9.17) is 0 Å². The molecule has 0 unspecified atom stereocenters. The highest BCUT2D eigenvalue weighted by Gasteiger charge is 2.22. The summed E-state index contributed by atoms with van der Waals surface area (Å²) in [7, 11) is -1.97. The summed E-state index contributed by atoms with van der Waals surface area (Å²) in [6.45, 7) is 3.63. The Bertz CT molecular complexity index is 665. The molecule has 0 saturated carbocycles. The van der Waals surface area contributed by atoms with Crippen molar-refractivity contribution in [3.05, 3.63) is 48.3 Å². The number of rotatable bonds is 7. The van der Waals surface area contributed by atoms with E-state index < -0.39 is 10.0 Å². The van der Waals surface area contributed by atoms with E-state index in [1.165, 1.54) is 10.5 Å². The number of hydrogen-bond donors (Lipinski definition) is 2. The summed E-state index contributed by atoms with van der Waals surface area (Å²) in [5.41, 5.74) is 1.51. The summed E-state index contributed by atoms with van der Waals surface area (Å²) in [5.74, 6) is 0. The van der Waals surface area contributed by atoms with E-state index in [-0.39, 0.29) is 4.90 Å². The van der Waals surface area contributed by atoms with Crippen LogP contribution in [0.4, 0.5) is 5.69 Å². The van der Waals surface area contributed by atoms with Crippen LogP contribution in [0.25, 0.3) is 0 Å². The predicted molar refractivity (Wildman–Crippen MR) is 84.8 cm³/mol. The molecule has 6 heteroatoms. The molecule has 0 aliphatic rings. The molecular formula is C15H21N3O2S. The molecular weight excluding hydrogens is 286 g/mol. The number of H-pyrrole nitrogens is 1. The Hall–Kier alpha value is -1.79. The van der Waals surface area contributed by atoms with E-state index >= 15 is 0 Å². The number of hydrogen-bond acceptors (Lipinski definition) is 3. The largest absolute Gasteiger partial charge is 0.363 e. The van der Waals surface area contributed by atoms with Crippen LogP contribution in [0.3, 0.4) is 0 Å². The molecule has 0 bridgehead atoms. The highest BCUT2D eigenvalue weighted by Crippen LogP contribution is 2.22. The second-order valence-corrected chi connectivity index (χ2v) is 6.81. The molecule has 2 aromatic rings. The standard InChI is InChI=1S/C15H21N3O2S/c1-3-9-16-11-13-10-15(12-17-13)21(19,20)18(2)14-7-5-4-6-8-14/h4-8,10,12,16-17H,3,9,11H2,1-2H3. The predicted octanol–water partition coefficient (Wildman–Crippen LogP) is 2.34. The van der Waals surface area contributed by atoms with Crippen molar-refractivity contribution in [3.63, 3.8) is 0 Å². The molecule has 1 heterocycles. The molecule has 0 saturated heterocycles. The van der Waals surface area contributed by atoms with Crippen LogP contribution in [0.1, 0.15) is 19.0 Å². The van der Waals surface area contributed by atoms with Crippen molar-refractivity contribution >= 4 is 15.7 Å². The van der Waals surface area contributed by atoms with Crippen molar-refractivity contribution in [1.29, 1.82) is 0 Å². The van der Waals surface area contributed by atoms with Gasteiger partial charge in [0.1, 0.15) is 4.90 Å². The Morgan fingerprint density at radius 3 is 2.62 bits per heavy atom. The molecule has 114 valence electrons. The SMILES string of the molecule is CCCNCc1cc(S(=O)(=O)N(C)c2ccccc2)c[nH]1. The lowest BCUT2D eigenvalue weighted by atomic mass is 10.3. The average molecular weight is 307 g/mol. The van der Waals surface area contributed by atoms with E-state index in [1.807, 2.05) is 18.2 Å². The molecule has 0 atom stereocenters. The molecule has 2 rings (SSSR count). The molecule has 0 fully saturated rings. The molecule has 2 N–H and O–H groups in total. The minimum absolute atomic E-state index is 0.280. The van der Waals surface area contributed by atoms with Crippen molar-refractivity contribution < 1.29 is 8.42 Å². The second-order valence-electron chi connectivity index (χ2n) is 4.85. The fourth-order valence-corrected chi connectivity index (χ4v) is 3.22. The summed E-state index contributed by atoms with van der Waals surface area (Å²) in [6, 6.07) is 10.7. The smallest absolute Gasteiger partial charge is 0.265 e. The summed E-state index contributed by atoms with van der Waals surface area (Å²) in [4.78, 5) is 3.29. The maximum absolute atomic E-state index is 12.6. The van der Waals surface area contributed by atoms with Gasteiger partial charge in [0.2, 0.25) is 0 Å². The number of anilines is 1. The van der Waals surface area contributed by atoms with E-state index in [9.17, 15) is 8.42 Å². The maximum atomic E-state index is 12.6. The van der Waals surface area contributed by atoms with E-state index in [0.29, 0.717) is 12.2 Å². The lowest BCUT2D eigenvalue weighted by Crippen LogP contribution is -2.26.